The lowest BCUT2D eigenvalue weighted by Gasteiger charge is -2.45. The first kappa shape index (κ1) is 28.1. The summed E-state index contributed by atoms with van der Waals surface area (Å²) in [5.74, 6) is 0. The Labute approximate surface area is 234 Å². The summed E-state index contributed by atoms with van der Waals surface area (Å²) in [6.07, 6.45) is -8.18. The molecule has 208 valence electrons. The minimum absolute atomic E-state index is 0.116. The van der Waals surface area contributed by atoms with Crippen molar-refractivity contribution in [3.8, 4) is 0 Å². The van der Waals surface area contributed by atoms with Crippen LogP contribution in [-0.4, -0.2) is 36.8 Å². The zero-order valence-corrected chi connectivity index (χ0v) is 22.2. The van der Waals surface area contributed by atoms with Crippen LogP contribution in [-0.2, 0) is 45.4 Å². The molecule has 0 aromatic heterocycles. The standard InChI is InChI=1S/C34H34F2O4/c35-29-30(36)32(38-22-26-15-7-2-8-16-26)34(40-24-28-19-11-4-12-20-28)33(39-23-27-17-9-3-10-18-27)31(29)37-21-25-13-5-1-6-14-25/h1-20,29-34H,21-24H2/t29-,30+,31-,32-,33+,34+/m0/s1. The molecule has 0 unspecified atom stereocenters. The van der Waals surface area contributed by atoms with Gasteiger partial charge in [-0.15, -0.1) is 0 Å². The quantitative estimate of drug-likeness (QED) is 0.192. The molecule has 0 aliphatic heterocycles. The molecule has 1 aliphatic rings. The smallest absolute Gasteiger partial charge is 0.162 e. The van der Waals surface area contributed by atoms with E-state index in [4.69, 9.17) is 18.9 Å². The molecule has 0 bridgehead atoms. The molecule has 4 aromatic rings. The summed E-state index contributed by atoms with van der Waals surface area (Å²) in [6, 6.07) is 38.1. The first-order valence-corrected chi connectivity index (χ1v) is 13.6. The van der Waals surface area contributed by atoms with Gasteiger partial charge >= 0.3 is 0 Å². The molecule has 0 spiro atoms. The fourth-order valence-corrected chi connectivity index (χ4v) is 4.92. The van der Waals surface area contributed by atoms with Gasteiger partial charge in [-0.1, -0.05) is 121 Å². The molecule has 0 radical (unpaired) electrons. The Hall–Kier alpha value is -3.42. The third kappa shape index (κ3) is 7.40. The topological polar surface area (TPSA) is 36.9 Å². The van der Waals surface area contributed by atoms with Gasteiger partial charge in [0.25, 0.3) is 0 Å². The maximum Gasteiger partial charge on any atom is 0.162 e. The highest BCUT2D eigenvalue weighted by atomic mass is 19.2. The zero-order chi connectivity index (χ0) is 27.6. The number of ether oxygens (including phenoxy) is 4. The molecular formula is C34H34F2O4. The minimum Gasteiger partial charge on any atom is -0.368 e. The predicted octanol–water partition coefficient (Wildman–Crippen LogP) is 7.02. The van der Waals surface area contributed by atoms with Crippen molar-refractivity contribution in [3.63, 3.8) is 0 Å². The van der Waals surface area contributed by atoms with Crippen molar-refractivity contribution in [2.24, 2.45) is 0 Å². The average Bonchev–Trinajstić information content (AvgIpc) is 3.01. The molecule has 0 heterocycles. The van der Waals surface area contributed by atoms with Crippen LogP contribution in [0.5, 0.6) is 0 Å². The van der Waals surface area contributed by atoms with Crippen molar-refractivity contribution >= 4 is 0 Å². The van der Waals surface area contributed by atoms with Crippen LogP contribution in [0.1, 0.15) is 22.3 Å². The van der Waals surface area contributed by atoms with E-state index in [9.17, 15) is 0 Å². The first-order valence-electron chi connectivity index (χ1n) is 13.6. The molecule has 4 aromatic carbocycles. The van der Waals surface area contributed by atoms with Gasteiger partial charge in [-0.25, -0.2) is 8.78 Å². The molecule has 40 heavy (non-hydrogen) atoms. The summed E-state index contributed by atoms with van der Waals surface area (Å²) >= 11 is 0. The molecule has 1 aliphatic carbocycles. The van der Waals surface area contributed by atoms with Gasteiger partial charge in [-0.05, 0) is 22.3 Å². The van der Waals surface area contributed by atoms with Crippen molar-refractivity contribution in [3.05, 3.63) is 144 Å². The normalized spacial score (nSPS) is 24.6. The van der Waals surface area contributed by atoms with Crippen LogP contribution in [0.3, 0.4) is 0 Å². The van der Waals surface area contributed by atoms with E-state index < -0.39 is 36.8 Å². The molecule has 0 saturated heterocycles. The van der Waals surface area contributed by atoms with Gasteiger partial charge < -0.3 is 18.9 Å². The lowest BCUT2D eigenvalue weighted by atomic mass is 9.85. The monoisotopic (exact) mass is 544 g/mol. The van der Waals surface area contributed by atoms with Gasteiger partial charge in [-0.3, -0.25) is 0 Å². The van der Waals surface area contributed by atoms with E-state index >= 15 is 8.78 Å². The second-order valence-corrected chi connectivity index (χ2v) is 9.93. The Morgan fingerprint density at radius 1 is 0.350 bits per heavy atom. The Balaban J connectivity index is 1.42. The highest BCUT2D eigenvalue weighted by Crippen LogP contribution is 2.35. The highest BCUT2D eigenvalue weighted by Gasteiger charge is 2.54. The minimum atomic E-state index is -1.97. The Morgan fingerprint density at radius 3 is 0.825 bits per heavy atom. The van der Waals surface area contributed by atoms with Gasteiger partial charge in [0.1, 0.15) is 24.4 Å². The second kappa shape index (κ2) is 14.3. The van der Waals surface area contributed by atoms with E-state index in [0.29, 0.717) is 0 Å². The molecule has 5 rings (SSSR count). The van der Waals surface area contributed by atoms with Crippen LogP contribution >= 0.6 is 0 Å². The number of hydrogen-bond acceptors (Lipinski definition) is 4. The Kier molecular flexibility index (Phi) is 10.0. The third-order valence-corrected chi connectivity index (χ3v) is 7.04. The van der Waals surface area contributed by atoms with Gasteiger partial charge in [0.2, 0.25) is 0 Å². The van der Waals surface area contributed by atoms with Gasteiger partial charge in [0, 0.05) is 0 Å². The number of benzene rings is 4. The van der Waals surface area contributed by atoms with E-state index in [1.165, 1.54) is 0 Å². The van der Waals surface area contributed by atoms with Crippen LogP contribution in [0.4, 0.5) is 8.78 Å². The Morgan fingerprint density at radius 2 is 0.575 bits per heavy atom. The summed E-state index contributed by atoms with van der Waals surface area (Å²) in [4.78, 5) is 0. The van der Waals surface area contributed by atoms with Crippen molar-refractivity contribution in [2.75, 3.05) is 0 Å². The number of halogens is 2. The third-order valence-electron chi connectivity index (χ3n) is 7.04. The molecule has 1 fully saturated rings. The van der Waals surface area contributed by atoms with Crippen molar-refractivity contribution in [1.82, 2.24) is 0 Å². The lowest BCUT2D eigenvalue weighted by Crippen LogP contribution is -2.63. The van der Waals surface area contributed by atoms with E-state index in [0.717, 1.165) is 22.3 Å². The summed E-state index contributed by atoms with van der Waals surface area (Å²) in [7, 11) is 0. The highest BCUT2D eigenvalue weighted by molar-refractivity contribution is 5.17. The van der Waals surface area contributed by atoms with E-state index in [1.807, 2.05) is 121 Å². The summed E-state index contributed by atoms with van der Waals surface area (Å²) in [5.41, 5.74) is 3.53. The number of alkyl halides is 2. The largest absolute Gasteiger partial charge is 0.368 e. The van der Waals surface area contributed by atoms with Crippen LogP contribution in [0.15, 0.2) is 121 Å². The lowest BCUT2D eigenvalue weighted by molar-refractivity contribution is -0.251. The summed E-state index contributed by atoms with van der Waals surface area (Å²) in [5, 5.41) is 0. The van der Waals surface area contributed by atoms with Crippen molar-refractivity contribution in [2.45, 2.75) is 63.2 Å². The van der Waals surface area contributed by atoms with Crippen LogP contribution in [0.25, 0.3) is 0 Å². The molecule has 6 atom stereocenters. The van der Waals surface area contributed by atoms with Gasteiger partial charge in [-0.2, -0.15) is 0 Å². The fourth-order valence-electron chi connectivity index (χ4n) is 4.92. The van der Waals surface area contributed by atoms with Crippen LogP contribution in [0.2, 0.25) is 0 Å². The van der Waals surface area contributed by atoms with Crippen molar-refractivity contribution < 1.29 is 27.7 Å². The first-order chi connectivity index (χ1) is 19.7. The average molecular weight is 545 g/mol. The van der Waals surface area contributed by atoms with Crippen LogP contribution in [0, 0.1) is 0 Å². The molecule has 1 saturated carbocycles. The van der Waals surface area contributed by atoms with Gasteiger partial charge in [0.05, 0.1) is 26.4 Å². The Bertz CT molecular complexity index is 1160. The molecule has 4 nitrogen and oxygen atoms in total. The van der Waals surface area contributed by atoms with E-state index in [1.54, 1.807) is 0 Å². The maximum atomic E-state index is 15.9. The van der Waals surface area contributed by atoms with Crippen LogP contribution < -0.4 is 0 Å². The number of rotatable bonds is 12. The zero-order valence-electron chi connectivity index (χ0n) is 22.2. The SMILES string of the molecule is F[C@@H]1[C@H](F)[C@H](OCc2ccccc2)[C@@H](OCc2ccccc2)[C@H](OCc2ccccc2)[C@H]1OCc1ccccc1. The molecular weight excluding hydrogens is 510 g/mol. The molecule has 0 N–H and O–H groups in total. The molecule has 0 amide bonds. The van der Waals surface area contributed by atoms with E-state index in [2.05, 4.69) is 0 Å². The molecule has 6 heteroatoms. The predicted molar refractivity (Wildman–Crippen MR) is 150 cm³/mol. The van der Waals surface area contributed by atoms with E-state index in [-0.39, 0.29) is 26.4 Å². The summed E-state index contributed by atoms with van der Waals surface area (Å²) < 4.78 is 56.6. The van der Waals surface area contributed by atoms with Crippen molar-refractivity contribution in [1.29, 1.82) is 0 Å². The fraction of sp³-hybridized carbons (Fsp3) is 0.294. The number of hydrogen-bond donors (Lipinski definition) is 0. The second-order valence-electron chi connectivity index (χ2n) is 9.93. The maximum absolute atomic E-state index is 15.9. The van der Waals surface area contributed by atoms with Gasteiger partial charge in [0.15, 0.2) is 12.3 Å². The summed E-state index contributed by atoms with van der Waals surface area (Å²) in [6.45, 7) is 0.615.